The van der Waals surface area contributed by atoms with Crippen LogP contribution in [0, 0.1) is 0 Å². The molecule has 0 aliphatic rings. The number of aromatic nitrogens is 3. The molecule has 0 saturated carbocycles. The maximum absolute atomic E-state index is 6.25. The van der Waals surface area contributed by atoms with Crippen LogP contribution in [0.1, 0.15) is 6.92 Å². The van der Waals surface area contributed by atoms with Crippen molar-refractivity contribution in [2.45, 2.75) is 6.92 Å². The first-order valence-electron chi connectivity index (χ1n) is 8.46. The van der Waals surface area contributed by atoms with Crippen LogP contribution in [-0.4, -0.2) is 21.6 Å². The zero-order valence-corrected chi connectivity index (χ0v) is 15.5. The largest absolute Gasteiger partial charge is 0.494 e. The van der Waals surface area contributed by atoms with Crippen LogP contribution in [0.15, 0.2) is 54.9 Å². The van der Waals surface area contributed by atoms with Gasteiger partial charge in [0.05, 0.1) is 16.8 Å². The van der Waals surface area contributed by atoms with E-state index in [4.69, 9.17) is 10.5 Å². The normalized spacial score (nSPS) is 10.7. The summed E-state index contributed by atoms with van der Waals surface area (Å²) in [5.41, 5.74) is 8.47. The van der Waals surface area contributed by atoms with Crippen LogP contribution in [0.3, 0.4) is 0 Å². The zero-order chi connectivity index (χ0) is 18.6. The Balaban J connectivity index is 1.55. The number of nitrogen functional groups attached to an aromatic ring is 1. The maximum Gasteiger partial charge on any atom is 0.189 e. The van der Waals surface area contributed by atoms with Crippen molar-refractivity contribution in [1.82, 2.24) is 15.0 Å². The van der Waals surface area contributed by atoms with E-state index in [0.29, 0.717) is 23.9 Å². The third kappa shape index (κ3) is 3.75. The van der Waals surface area contributed by atoms with Gasteiger partial charge in [0.15, 0.2) is 16.8 Å². The molecule has 0 fully saturated rings. The van der Waals surface area contributed by atoms with E-state index in [9.17, 15) is 0 Å². The van der Waals surface area contributed by atoms with Crippen LogP contribution < -0.4 is 21.1 Å². The van der Waals surface area contributed by atoms with Crippen LogP contribution in [-0.2, 0) is 0 Å². The lowest BCUT2D eigenvalue weighted by atomic mass is 10.3. The lowest BCUT2D eigenvalue weighted by molar-refractivity contribution is 0.340. The number of hydrogen-bond donors (Lipinski definition) is 3. The summed E-state index contributed by atoms with van der Waals surface area (Å²) >= 11 is 1.54. The van der Waals surface area contributed by atoms with Crippen LogP contribution >= 0.6 is 11.3 Å². The molecule has 0 aliphatic carbocycles. The van der Waals surface area contributed by atoms with E-state index in [1.807, 2.05) is 55.5 Å². The van der Waals surface area contributed by atoms with E-state index in [-0.39, 0.29) is 0 Å². The molecule has 4 rings (SSSR count). The monoisotopic (exact) mass is 378 g/mol. The first-order chi connectivity index (χ1) is 13.2. The molecule has 0 spiro atoms. The summed E-state index contributed by atoms with van der Waals surface area (Å²) < 4.78 is 6.55. The third-order valence-corrected chi connectivity index (χ3v) is 4.78. The minimum absolute atomic E-state index is 0.422. The molecule has 2 heterocycles. The summed E-state index contributed by atoms with van der Waals surface area (Å²) in [5, 5.41) is 7.12. The molecule has 7 nitrogen and oxygen atoms in total. The molecule has 27 heavy (non-hydrogen) atoms. The minimum Gasteiger partial charge on any atom is -0.494 e. The van der Waals surface area contributed by atoms with E-state index in [0.717, 1.165) is 26.8 Å². The maximum atomic E-state index is 6.25. The number of nitrogens with one attached hydrogen (secondary N) is 2. The van der Waals surface area contributed by atoms with Gasteiger partial charge in [-0.15, -0.1) is 0 Å². The molecule has 2 aromatic carbocycles. The van der Waals surface area contributed by atoms with Gasteiger partial charge in [-0.05, 0) is 43.3 Å². The number of hydrogen-bond acceptors (Lipinski definition) is 8. The molecule has 0 aliphatic heterocycles. The summed E-state index contributed by atoms with van der Waals surface area (Å²) in [4.78, 5) is 13.0. The predicted molar refractivity (Wildman–Crippen MR) is 110 cm³/mol. The molecule has 8 heteroatoms. The molecule has 2 aromatic heterocycles. The number of para-hydroxylation sites is 1. The average Bonchev–Trinajstić information content (AvgIpc) is 3.09. The summed E-state index contributed by atoms with van der Waals surface area (Å²) in [6.07, 6.45) is 1.46. The van der Waals surface area contributed by atoms with Crippen LogP contribution in [0.2, 0.25) is 0 Å². The van der Waals surface area contributed by atoms with Gasteiger partial charge >= 0.3 is 0 Å². The number of thiazole rings is 1. The highest BCUT2D eigenvalue weighted by atomic mass is 32.1. The number of ether oxygens (including phenoxy) is 1. The van der Waals surface area contributed by atoms with Gasteiger partial charge in [0, 0.05) is 5.69 Å². The van der Waals surface area contributed by atoms with E-state index in [2.05, 4.69) is 25.6 Å². The van der Waals surface area contributed by atoms with Crippen LogP contribution in [0.4, 0.5) is 28.1 Å². The Morgan fingerprint density at radius 3 is 2.48 bits per heavy atom. The second kappa shape index (κ2) is 7.46. The molecule has 0 saturated heterocycles. The minimum atomic E-state index is 0.422. The van der Waals surface area contributed by atoms with Crippen molar-refractivity contribution >= 4 is 49.7 Å². The van der Waals surface area contributed by atoms with Crippen LogP contribution in [0.25, 0.3) is 10.2 Å². The number of benzene rings is 2. The second-order valence-corrected chi connectivity index (χ2v) is 6.71. The van der Waals surface area contributed by atoms with Gasteiger partial charge in [-0.25, -0.2) is 15.0 Å². The smallest absolute Gasteiger partial charge is 0.189 e. The van der Waals surface area contributed by atoms with E-state index in [1.54, 1.807) is 11.3 Å². The van der Waals surface area contributed by atoms with E-state index in [1.165, 1.54) is 6.33 Å². The molecule has 136 valence electrons. The van der Waals surface area contributed by atoms with Crippen LogP contribution in [0.5, 0.6) is 5.75 Å². The zero-order valence-electron chi connectivity index (χ0n) is 14.6. The van der Waals surface area contributed by atoms with Crippen molar-refractivity contribution in [3.8, 4) is 5.75 Å². The number of anilines is 5. The third-order valence-electron chi connectivity index (χ3n) is 3.83. The van der Waals surface area contributed by atoms with Crippen molar-refractivity contribution in [2.24, 2.45) is 0 Å². The number of nitrogens with two attached hydrogens (primary N) is 1. The Morgan fingerprint density at radius 2 is 1.74 bits per heavy atom. The molecular formula is C19H18N6OS. The van der Waals surface area contributed by atoms with Gasteiger partial charge in [0.1, 0.15) is 17.8 Å². The van der Waals surface area contributed by atoms with Gasteiger partial charge in [0.2, 0.25) is 0 Å². The Morgan fingerprint density at radius 1 is 1.00 bits per heavy atom. The Kier molecular flexibility index (Phi) is 4.71. The number of nitrogens with zero attached hydrogens (tertiary/aromatic N) is 3. The first-order valence-corrected chi connectivity index (χ1v) is 9.27. The molecule has 0 radical (unpaired) electrons. The summed E-state index contributed by atoms with van der Waals surface area (Å²) in [5.74, 6) is 1.85. The fourth-order valence-corrected chi connectivity index (χ4v) is 3.42. The molecular weight excluding hydrogens is 360 g/mol. The van der Waals surface area contributed by atoms with Crippen molar-refractivity contribution in [2.75, 3.05) is 23.0 Å². The number of fused-ring (bicyclic) bond motifs is 1. The van der Waals surface area contributed by atoms with Gasteiger partial charge in [-0.1, -0.05) is 23.5 Å². The highest BCUT2D eigenvalue weighted by Crippen LogP contribution is 2.32. The molecule has 4 aromatic rings. The Labute approximate surface area is 160 Å². The highest BCUT2D eigenvalue weighted by molar-refractivity contribution is 7.22. The van der Waals surface area contributed by atoms with Crippen molar-refractivity contribution in [3.63, 3.8) is 0 Å². The fourth-order valence-electron chi connectivity index (χ4n) is 2.56. The van der Waals surface area contributed by atoms with E-state index < -0.39 is 0 Å². The molecule has 4 N–H and O–H groups in total. The topological polar surface area (TPSA) is 98.0 Å². The molecule has 0 unspecified atom stereocenters. The lowest BCUT2D eigenvalue weighted by Crippen LogP contribution is -2.05. The van der Waals surface area contributed by atoms with Gasteiger partial charge in [-0.2, -0.15) is 0 Å². The Hall–Kier alpha value is -3.39. The highest BCUT2D eigenvalue weighted by Gasteiger charge is 2.11. The number of rotatable bonds is 6. The first kappa shape index (κ1) is 17.0. The quantitative estimate of drug-likeness (QED) is 0.452. The van der Waals surface area contributed by atoms with E-state index >= 15 is 0 Å². The van der Waals surface area contributed by atoms with Crippen molar-refractivity contribution < 1.29 is 4.74 Å². The summed E-state index contributed by atoms with van der Waals surface area (Å²) in [6, 6.07) is 15.6. The summed E-state index contributed by atoms with van der Waals surface area (Å²) in [6.45, 7) is 2.58. The summed E-state index contributed by atoms with van der Waals surface area (Å²) in [7, 11) is 0. The molecule has 0 amide bonds. The van der Waals surface area contributed by atoms with Gasteiger partial charge in [0.25, 0.3) is 0 Å². The Bertz CT molecular complexity index is 1030. The fraction of sp³-hybridized carbons (Fsp3) is 0.105. The SMILES string of the molecule is CCOc1ccc(Nc2ncnc(Nc3nc4ccccc4s3)c2N)cc1. The predicted octanol–water partition coefficient (Wildman–Crippen LogP) is 4.55. The van der Waals surface area contributed by atoms with Crippen molar-refractivity contribution in [3.05, 3.63) is 54.9 Å². The lowest BCUT2D eigenvalue weighted by Gasteiger charge is -2.12. The van der Waals surface area contributed by atoms with Crippen molar-refractivity contribution in [1.29, 1.82) is 0 Å². The average molecular weight is 378 g/mol. The standard InChI is InChI=1S/C19H18N6OS/c1-2-26-13-9-7-12(8-10-13)23-17-16(20)18(22-11-21-17)25-19-24-14-5-3-4-6-15(14)27-19/h3-11H,2,20H2,1H3,(H2,21,22,23,24,25). The van der Waals surface area contributed by atoms with Gasteiger partial charge < -0.3 is 21.1 Å². The van der Waals surface area contributed by atoms with Gasteiger partial charge in [-0.3, -0.25) is 0 Å². The second-order valence-electron chi connectivity index (χ2n) is 5.68. The molecule has 0 atom stereocenters. The molecule has 0 bridgehead atoms.